The van der Waals surface area contributed by atoms with Crippen molar-refractivity contribution in [2.24, 2.45) is 11.7 Å². The highest BCUT2D eigenvalue weighted by Crippen LogP contribution is 2.33. The van der Waals surface area contributed by atoms with Crippen LogP contribution in [-0.2, 0) is 4.74 Å². The van der Waals surface area contributed by atoms with E-state index in [0.717, 1.165) is 11.4 Å². The van der Waals surface area contributed by atoms with E-state index < -0.39 is 0 Å². The van der Waals surface area contributed by atoms with Crippen LogP contribution in [-0.4, -0.2) is 13.2 Å². The molecule has 0 aliphatic carbocycles. The average molecular weight is 284 g/mol. The van der Waals surface area contributed by atoms with Crippen LogP contribution in [0.2, 0.25) is 5.02 Å². The molecule has 3 heteroatoms. The van der Waals surface area contributed by atoms with Gasteiger partial charge in [0, 0.05) is 11.6 Å². The number of rotatable bonds is 9. The molecule has 1 aromatic rings. The minimum atomic E-state index is 0.110. The highest BCUT2D eigenvalue weighted by molar-refractivity contribution is 6.30. The predicted octanol–water partition coefficient (Wildman–Crippen LogP) is 4.57. The van der Waals surface area contributed by atoms with Gasteiger partial charge in [0.15, 0.2) is 0 Å². The Morgan fingerprint density at radius 3 is 2.68 bits per heavy atom. The highest BCUT2D eigenvalue weighted by Gasteiger charge is 2.22. The smallest absolute Gasteiger partial charge is 0.0854 e. The lowest BCUT2D eigenvalue weighted by Gasteiger charge is -2.27. The molecule has 108 valence electrons. The second kappa shape index (κ2) is 9.35. The van der Waals surface area contributed by atoms with Crippen molar-refractivity contribution in [3.05, 3.63) is 34.9 Å². The van der Waals surface area contributed by atoms with Crippen molar-refractivity contribution in [2.75, 3.05) is 13.2 Å². The van der Waals surface area contributed by atoms with Crippen LogP contribution in [0.5, 0.6) is 0 Å². The van der Waals surface area contributed by atoms with E-state index in [1.165, 1.54) is 24.8 Å². The lowest BCUT2D eigenvalue weighted by molar-refractivity contribution is 0.0100. The second-order valence-electron chi connectivity index (χ2n) is 4.95. The third-order valence-electron chi connectivity index (χ3n) is 3.47. The minimum absolute atomic E-state index is 0.110. The van der Waals surface area contributed by atoms with Gasteiger partial charge in [0.2, 0.25) is 0 Å². The summed E-state index contributed by atoms with van der Waals surface area (Å²) in [4.78, 5) is 0. The van der Waals surface area contributed by atoms with Gasteiger partial charge in [0.1, 0.15) is 0 Å². The molecule has 0 amide bonds. The normalized spacial score (nSPS) is 14.3. The van der Waals surface area contributed by atoms with Gasteiger partial charge in [-0.3, -0.25) is 0 Å². The van der Waals surface area contributed by atoms with Crippen molar-refractivity contribution in [3.63, 3.8) is 0 Å². The van der Waals surface area contributed by atoms with E-state index in [1.54, 1.807) is 0 Å². The van der Waals surface area contributed by atoms with Crippen LogP contribution < -0.4 is 5.73 Å². The third kappa shape index (κ3) is 5.52. The third-order valence-corrected chi connectivity index (χ3v) is 3.71. The fraction of sp³-hybridized carbons (Fsp3) is 0.625. The SMILES string of the molecule is CCCC[C@H](CC)[C@@H](OCCN)c1cccc(Cl)c1. The summed E-state index contributed by atoms with van der Waals surface area (Å²) in [6.07, 6.45) is 4.87. The Morgan fingerprint density at radius 1 is 1.32 bits per heavy atom. The van der Waals surface area contributed by atoms with Gasteiger partial charge in [-0.25, -0.2) is 0 Å². The molecule has 0 aliphatic rings. The highest BCUT2D eigenvalue weighted by atomic mass is 35.5. The standard InChI is InChI=1S/C16H26ClNO/c1-3-5-7-13(4-2)16(19-11-10-18)14-8-6-9-15(17)12-14/h6,8-9,12-13,16H,3-5,7,10-11,18H2,1-2H3/t13-,16+/m0/s1. The molecule has 0 unspecified atom stereocenters. The first-order valence-corrected chi connectivity index (χ1v) is 7.67. The maximum Gasteiger partial charge on any atom is 0.0854 e. The van der Waals surface area contributed by atoms with Gasteiger partial charge >= 0.3 is 0 Å². The maximum absolute atomic E-state index is 6.09. The summed E-state index contributed by atoms with van der Waals surface area (Å²) in [6, 6.07) is 8.00. The number of hydrogen-bond donors (Lipinski definition) is 1. The van der Waals surface area contributed by atoms with Gasteiger partial charge in [-0.1, -0.05) is 56.8 Å². The molecule has 0 spiro atoms. The summed E-state index contributed by atoms with van der Waals surface area (Å²) in [5.74, 6) is 0.532. The predicted molar refractivity (Wildman–Crippen MR) is 82.5 cm³/mol. The molecule has 0 aliphatic heterocycles. The fourth-order valence-electron chi connectivity index (χ4n) is 2.42. The Morgan fingerprint density at radius 2 is 2.11 bits per heavy atom. The zero-order valence-corrected chi connectivity index (χ0v) is 12.8. The molecule has 1 rings (SSSR count). The van der Waals surface area contributed by atoms with Crippen LogP contribution in [0.1, 0.15) is 51.2 Å². The molecule has 2 nitrogen and oxygen atoms in total. The Balaban J connectivity index is 2.85. The first-order valence-electron chi connectivity index (χ1n) is 7.30. The van der Waals surface area contributed by atoms with Crippen LogP contribution in [0.15, 0.2) is 24.3 Å². The fourth-order valence-corrected chi connectivity index (χ4v) is 2.62. The topological polar surface area (TPSA) is 35.2 Å². The molecule has 1 aromatic carbocycles. The maximum atomic E-state index is 6.09. The molecule has 0 saturated carbocycles. The van der Waals surface area contributed by atoms with Crippen molar-refractivity contribution in [2.45, 2.75) is 45.6 Å². The van der Waals surface area contributed by atoms with Crippen molar-refractivity contribution >= 4 is 11.6 Å². The average Bonchev–Trinajstić information content (AvgIpc) is 2.42. The summed E-state index contributed by atoms with van der Waals surface area (Å²) >= 11 is 6.09. The van der Waals surface area contributed by atoms with E-state index >= 15 is 0 Å². The van der Waals surface area contributed by atoms with Crippen molar-refractivity contribution in [3.8, 4) is 0 Å². The molecule has 0 radical (unpaired) electrons. The Labute approximate surface area is 122 Å². The number of benzene rings is 1. The number of unbranched alkanes of at least 4 members (excludes halogenated alkanes) is 1. The lowest BCUT2D eigenvalue weighted by atomic mass is 9.89. The molecule has 0 heterocycles. The van der Waals surface area contributed by atoms with E-state index in [2.05, 4.69) is 19.9 Å². The van der Waals surface area contributed by atoms with Crippen LogP contribution >= 0.6 is 11.6 Å². The molecule has 0 bridgehead atoms. The van der Waals surface area contributed by atoms with E-state index in [1.807, 2.05) is 18.2 Å². The van der Waals surface area contributed by atoms with Crippen molar-refractivity contribution in [1.82, 2.24) is 0 Å². The Kier molecular flexibility index (Phi) is 8.11. The quantitative estimate of drug-likeness (QED) is 0.720. The van der Waals surface area contributed by atoms with Gasteiger partial charge in [-0.2, -0.15) is 0 Å². The van der Waals surface area contributed by atoms with E-state index in [9.17, 15) is 0 Å². The largest absolute Gasteiger partial charge is 0.372 e. The summed E-state index contributed by atoms with van der Waals surface area (Å²) in [5.41, 5.74) is 6.75. The van der Waals surface area contributed by atoms with Gasteiger partial charge in [0.05, 0.1) is 12.7 Å². The molecule has 0 aromatic heterocycles. The van der Waals surface area contributed by atoms with Crippen molar-refractivity contribution in [1.29, 1.82) is 0 Å². The van der Waals surface area contributed by atoms with Crippen molar-refractivity contribution < 1.29 is 4.74 Å². The summed E-state index contributed by atoms with van der Waals surface area (Å²) in [5, 5.41) is 0.768. The number of hydrogen-bond acceptors (Lipinski definition) is 2. The van der Waals surface area contributed by atoms with E-state index in [4.69, 9.17) is 22.1 Å². The number of halogens is 1. The zero-order chi connectivity index (χ0) is 14.1. The van der Waals surface area contributed by atoms with Gasteiger partial charge in [-0.15, -0.1) is 0 Å². The monoisotopic (exact) mass is 283 g/mol. The first-order chi connectivity index (χ1) is 9.22. The van der Waals surface area contributed by atoms with Crippen LogP contribution in [0.3, 0.4) is 0 Å². The molecule has 2 N–H and O–H groups in total. The minimum Gasteiger partial charge on any atom is -0.372 e. The zero-order valence-electron chi connectivity index (χ0n) is 12.1. The van der Waals surface area contributed by atoms with Gasteiger partial charge < -0.3 is 10.5 Å². The summed E-state index contributed by atoms with van der Waals surface area (Å²) in [6.45, 7) is 5.60. The molecule has 0 fully saturated rings. The second-order valence-corrected chi connectivity index (χ2v) is 5.38. The Bertz CT molecular complexity index is 356. The molecule has 0 saturated heterocycles. The van der Waals surface area contributed by atoms with E-state index in [-0.39, 0.29) is 6.10 Å². The van der Waals surface area contributed by atoms with Gasteiger partial charge in [0.25, 0.3) is 0 Å². The molecule has 2 atom stereocenters. The van der Waals surface area contributed by atoms with E-state index in [0.29, 0.717) is 19.1 Å². The molecule has 19 heavy (non-hydrogen) atoms. The molecular formula is C16H26ClNO. The summed E-state index contributed by atoms with van der Waals surface area (Å²) in [7, 11) is 0. The van der Waals surface area contributed by atoms with Crippen LogP contribution in [0.4, 0.5) is 0 Å². The van der Waals surface area contributed by atoms with Gasteiger partial charge in [-0.05, 0) is 30.0 Å². The Hall–Kier alpha value is -0.570. The molecular weight excluding hydrogens is 258 g/mol. The first kappa shape index (κ1) is 16.5. The summed E-state index contributed by atoms with van der Waals surface area (Å²) < 4.78 is 6.00. The van der Waals surface area contributed by atoms with Crippen LogP contribution in [0.25, 0.3) is 0 Å². The van der Waals surface area contributed by atoms with Crippen LogP contribution in [0, 0.1) is 5.92 Å². The number of ether oxygens (including phenoxy) is 1. The number of nitrogens with two attached hydrogens (primary N) is 1. The lowest BCUT2D eigenvalue weighted by Crippen LogP contribution is -2.19.